The summed E-state index contributed by atoms with van der Waals surface area (Å²) in [6, 6.07) is 9.58. The molecule has 1 aliphatic heterocycles. The zero-order valence-electron chi connectivity index (χ0n) is 21.9. The van der Waals surface area contributed by atoms with E-state index < -0.39 is 22.5 Å². The maximum absolute atomic E-state index is 13.1. The van der Waals surface area contributed by atoms with Crippen LogP contribution in [0.15, 0.2) is 35.2 Å². The van der Waals surface area contributed by atoms with Crippen molar-refractivity contribution in [3.8, 4) is 5.75 Å². The molecule has 0 spiro atoms. The quantitative estimate of drug-likeness (QED) is 0.545. The Balaban J connectivity index is 1.55. The molecule has 0 aliphatic carbocycles. The number of hydrogen-bond donors (Lipinski definition) is 1. The third-order valence-corrected chi connectivity index (χ3v) is 8.57. The number of benzene rings is 2. The molecule has 3 rings (SSSR count). The summed E-state index contributed by atoms with van der Waals surface area (Å²) in [4.78, 5) is 29.0. The first-order valence-electron chi connectivity index (χ1n) is 11.8. The predicted octanol–water partition coefficient (Wildman–Crippen LogP) is 1.70. The zero-order chi connectivity index (χ0) is 26.6. The minimum atomic E-state index is -3.91. The molecule has 9 nitrogen and oxygen atoms in total. The number of sulfonamides is 1. The van der Waals surface area contributed by atoms with Crippen LogP contribution < -0.4 is 10.1 Å². The Morgan fingerprint density at radius 2 is 1.75 bits per heavy atom. The molecule has 0 radical (unpaired) electrons. The molecule has 196 valence electrons. The second-order valence-electron chi connectivity index (χ2n) is 9.47. The van der Waals surface area contributed by atoms with Gasteiger partial charge in [-0.2, -0.15) is 4.31 Å². The molecule has 36 heavy (non-hydrogen) atoms. The van der Waals surface area contributed by atoms with Crippen molar-refractivity contribution in [3.05, 3.63) is 58.1 Å². The van der Waals surface area contributed by atoms with Gasteiger partial charge < -0.3 is 19.9 Å². The molecule has 2 aromatic carbocycles. The Hall–Kier alpha value is -2.95. The molecule has 1 heterocycles. The fourth-order valence-electron chi connectivity index (χ4n) is 4.46. The van der Waals surface area contributed by atoms with Gasteiger partial charge in [0.1, 0.15) is 5.75 Å². The van der Waals surface area contributed by atoms with Crippen LogP contribution in [0.4, 0.5) is 0 Å². The number of nitrogens with one attached hydrogen (secondary N) is 1. The Labute approximate surface area is 214 Å². The lowest BCUT2D eigenvalue weighted by Gasteiger charge is -2.26. The number of hydrogen-bond acceptors (Lipinski definition) is 6. The first kappa shape index (κ1) is 27.6. The summed E-state index contributed by atoms with van der Waals surface area (Å²) in [5, 5.41) is 2.54. The number of ether oxygens (including phenoxy) is 1. The average molecular weight is 517 g/mol. The van der Waals surface area contributed by atoms with Gasteiger partial charge in [-0.05, 0) is 67.3 Å². The summed E-state index contributed by atoms with van der Waals surface area (Å²) < 4.78 is 32.4. The van der Waals surface area contributed by atoms with Crippen LogP contribution in [-0.4, -0.2) is 82.2 Å². The topological polar surface area (TPSA) is 99.3 Å². The average Bonchev–Trinajstić information content (AvgIpc) is 2.81. The summed E-state index contributed by atoms with van der Waals surface area (Å²) in [6.45, 7) is 5.12. The van der Waals surface area contributed by atoms with Gasteiger partial charge in [-0.15, -0.1) is 0 Å². The third kappa shape index (κ3) is 6.43. The van der Waals surface area contributed by atoms with Crippen molar-refractivity contribution in [2.75, 3.05) is 47.9 Å². The maximum Gasteiger partial charge on any atom is 0.243 e. The number of carbonyl (C=O) groups excluding carboxylic acids is 2. The predicted molar refractivity (Wildman–Crippen MR) is 138 cm³/mol. The number of amides is 2. The normalized spacial score (nSPS) is 13.9. The smallest absolute Gasteiger partial charge is 0.243 e. The molecule has 0 unspecified atom stereocenters. The van der Waals surface area contributed by atoms with Gasteiger partial charge in [-0.1, -0.05) is 18.2 Å². The standard InChI is InChI=1S/C26H36N4O5S/c1-18-11-23(35-6)12-19(2)26(18)36(33,34)30(5)17-24(31)27-14-25(32)29(4)15-20-7-8-21-9-10-28(3)16-22(21)13-20/h7-8,11-13H,9-10,14-17H2,1-6H3,(H,27,31). The molecule has 0 saturated heterocycles. The molecule has 0 bridgehead atoms. The van der Waals surface area contributed by atoms with E-state index in [1.807, 2.05) is 6.07 Å². The Morgan fingerprint density at radius 1 is 1.08 bits per heavy atom. The molecular weight excluding hydrogens is 480 g/mol. The maximum atomic E-state index is 13.1. The summed E-state index contributed by atoms with van der Waals surface area (Å²) in [7, 11) is 2.73. The molecular formula is C26H36N4O5S. The SMILES string of the molecule is COc1cc(C)c(S(=O)(=O)N(C)CC(=O)NCC(=O)N(C)Cc2ccc3c(c2)CN(C)CC3)c(C)c1. The highest BCUT2D eigenvalue weighted by Crippen LogP contribution is 2.27. The second kappa shape index (κ2) is 11.4. The first-order chi connectivity index (χ1) is 16.9. The van der Waals surface area contributed by atoms with Gasteiger partial charge in [0.2, 0.25) is 21.8 Å². The van der Waals surface area contributed by atoms with Crippen LogP contribution in [0, 0.1) is 13.8 Å². The molecule has 1 aliphatic rings. The Kier molecular flexibility index (Phi) is 8.76. The third-order valence-electron chi connectivity index (χ3n) is 6.46. The van der Waals surface area contributed by atoms with Crippen molar-refractivity contribution in [2.45, 2.75) is 38.3 Å². The van der Waals surface area contributed by atoms with Crippen molar-refractivity contribution in [2.24, 2.45) is 0 Å². The van der Waals surface area contributed by atoms with E-state index >= 15 is 0 Å². The van der Waals surface area contributed by atoms with Crippen LogP contribution in [-0.2, 0) is 39.1 Å². The number of likely N-dealkylation sites (N-methyl/N-ethyl adjacent to an activating group) is 3. The number of aryl methyl sites for hydroxylation is 2. The fourth-order valence-corrected chi connectivity index (χ4v) is 5.99. The number of methoxy groups -OCH3 is 1. The highest BCUT2D eigenvalue weighted by Gasteiger charge is 2.27. The van der Waals surface area contributed by atoms with E-state index in [1.54, 1.807) is 37.9 Å². The van der Waals surface area contributed by atoms with Gasteiger partial charge >= 0.3 is 0 Å². The molecule has 2 aromatic rings. The minimum absolute atomic E-state index is 0.144. The number of nitrogens with zero attached hydrogens (tertiary/aromatic N) is 3. The van der Waals surface area contributed by atoms with Crippen molar-refractivity contribution in [3.63, 3.8) is 0 Å². The molecule has 10 heteroatoms. The largest absolute Gasteiger partial charge is 0.497 e. The van der Waals surface area contributed by atoms with Crippen LogP contribution in [0.5, 0.6) is 5.75 Å². The van der Waals surface area contributed by atoms with Crippen LogP contribution in [0.3, 0.4) is 0 Å². The monoisotopic (exact) mass is 516 g/mol. The highest BCUT2D eigenvalue weighted by atomic mass is 32.2. The highest BCUT2D eigenvalue weighted by molar-refractivity contribution is 7.89. The fraction of sp³-hybridized carbons (Fsp3) is 0.462. The van der Waals surface area contributed by atoms with Gasteiger partial charge in [0.25, 0.3) is 0 Å². The van der Waals surface area contributed by atoms with E-state index in [0.717, 1.165) is 29.4 Å². The van der Waals surface area contributed by atoms with E-state index in [4.69, 9.17) is 4.74 Å². The lowest BCUT2D eigenvalue weighted by atomic mass is 9.97. The molecule has 0 saturated carbocycles. The number of fused-ring (bicyclic) bond motifs is 1. The summed E-state index contributed by atoms with van der Waals surface area (Å²) >= 11 is 0. The van der Waals surface area contributed by atoms with Crippen molar-refractivity contribution in [1.29, 1.82) is 0 Å². The van der Waals surface area contributed by atoms with Crippen molar-refractivity contribution < 1.29 is 22.7 Å². The summed E-state index contributed by atoms with van der Waals surface area (Å²) in [5.41, 5.74) is 4.72. The van der Waals surface area contributed by atoms with Crippen LogP contribution in [0.25, 0.3) is 0 Å². The van der Waals surface area contributed by atoms with E-state index in [2.05, 4.69) is 29.4 Å². The van der Waals surface area contributed by atoms with Gasteiger partial charge in [-0.3, -0.25) is 9.59 Å². The van der Waals surface area contributed by atoms with Crippen LogP contribution in [0.1, 0.15) is 27.8 Å². The number of carbonyl (C=O) groups is 2. The second-order valence-corrected chi connectivity index (χ2v) is 11.5. The summed E-state index contributed by atoms with van der Waals surface area (Å²) in [5.74, 6) is -0.247. The van der Waals surface area contributed by atoms with E-state index in [-0.39, 0.29) is 17.3 Å². The molecule has 0 aromatic heterocycles. The summed E-state index contributed by atoms with van der Waals surface area (Å²) in [6.07, 6.45) is 1.02. The number of rotatable bonds is 9. The van der Waals surface area contributed by atoms with Crippen LogP contribution in [0.2, 0.25) is 0 Å². The Morgan fingerprint density at radius 3 is 2.39 bits per heavy atom. The molecule has 1 N–H and O–H groups in total. The molecule has 2 amide bonds. The van der Waals surface area contributed by atoms with Crippen molar-refractivity contribution in [1.82, 2.24) is 19.4 Å². The van der Waals surface area contributed by atoms with E-state index in [9.17, 15) is 18.0 Å². The van der Waals surface area contributed by atoms with Gasteiger partial charge in [0.05, 0.1) is 25.1 Å². The first-order valence-corrected chi connectivity index (χ1v) is 13.3. The van der Waals surface area contributed by atoms with Crippen molar-refractivity contribution >= 4 is 21.8 Å². The zero-order valence-corrected chi connectivity index (χ0v) is 22.7. The minimum Gasteiger partial charge on any atom is -0.497 e. The van der Waals surface area contributed by atoms with Gasteiger partial charge in [0, 0.05) is 33.7 Å². The molecule has 0 atom stereocenters. The van der Waals surface area contributed by atoms with Crippen LogP contribution >= 0.6 is 0 Å². The lowest BCUT2D eigenvalue weighted by Crippen LogP contribution is -2.43. The Bertz CT molecular complexity index is 1220. The lowest BCUT2D eigenvalue weighted by molar-refractivity contribution is -0.132. The molecule has 0 fully saturated rings. The van der Waals surface area contributed by atoms with E-state index in [0.29, 0.717) is 23.4 Å². The van der Waals surface area contributed by atoms with Gasteiger partial charge in [-0.25, -0.2) is 8.42 Å². The van der Waals surface area contributed by atoms with Gasteiger partial charge in [0.15, 0.2) is 0 Å². The van der Waals surface area contributed by atoms with E-state index in [1.165, 1.54) is 25.3 Å².